The molecule has 0 bridgehead atoms. The number of hydrogen-bond donors (Lipinski definition) is 2. The van der Waals surface area contributed by atoms with Gasteiger partial charge < -0.3 is 19.8 Å². The monoisotopic (exact) mass is 329 g/mol. The Balaban J connectivity index is 1.83. The summed E-state index contributed by atoms with van der Waals surface area (Å²) in [6, 6.07) is 11.2. The van der Waals surface area contributed by atoms with Gasteiger partial charge in [-0.25, -0.2) is 9.79 Å². The summed E-state index contributed by atoms with van der Waals surface area (Å²) < 4.78 is 9.97. The summed E-state index contributed by atoms with van der Waals surface area (Å²) in [4.78, 5) is 15.9. The third kappa shape index (κ3) is 5.46. The number of carbonyl (C=O) groups is 1. The zero-order valence-electron chi connectivity index (χ0n) is 14.0. The Kier molecular flexibility index (Phi) is 6.89. The molecule has 2 N–H and O–H groups in total. The van der Waals surface area contributed by atoms with Gasteiger partial charge in [0.25, 0.3) is 0 Å². The number of esters is 1. The molecule has 128 valence electrons. The SMILES string of the molecule is CCNC(=NCc1ccco1)NCCc1ccc(C(=O)OC)cc1. The molecule has 0 saturated heterocycles. The van der Waals surface area contributed by atoms with Gasteiger partial charge in [0.2, 0.25) is 0 Å². The number of guanidine groups is 1. The zero-order chi connectivity index (χ0) is 17.2. The first kappa shape index (κ1) is 17.6. The molecule has 24 heavy (non-hydrogen) atoms. The van der Waals surface area contributed by atoms with Gasteiger partial charge >= 0.3 is 5.97 Å². The van der Waals surface area contributed by atoms with Gasteiger partial charge in [0.05, 0.1) is 18.9 Å². The van der Waals surface area contributed by atoms with E-state index in [2.05, 4.69) is 15.6 Å². The van der Waals surface area contributed by atoms with Gasteiger partial charge in [-0.1, -0.05) is 12.1 Å². The van der Waals surface area contributed by atoms with E-state index in [0.29, 0.717) is 12.1 Å². The predicted octanol–water partition coefficient (Wildman–Crippen LogP) is 2.36. The normalized spacial score (nSPS) is 11.2. The van der Waals surface area contributed by atoms with E-state index in [1.54, 1.807) is 18.4 Å². The van der Waals surface area contributed by atoms with Gasteiger partial charge in [0.15, 0.2) is 5.96 Å². The Morgan fingerprint density at radius 3 is 2.62 bits per heavy atom. The van der Waals surface area contributed by atoms with Crippen LogP contribution in [-0.2, 0) is 17.7 Å². The molecule has 2 rings (SSSR count). The van der Waals surface area contributed by atoms with Gasteiger partial charge in [-0.15, -0.1) is 0 Å². The van der Waals surface area contributed by atoms with E-state index < -0.39 is 0 Å². The maximum Gasteiger partial charge on any atom is 0.337 e. The summed E-state index contributed by atoms with van der Waals surface area (Å²) in [6.45, 7) is 4.05. The van der Waals surface area contributed by atoms with Crippen LogP contribution in [0.5, 0.6) is 0 Å². The van der Waals surface area contributed by atoms with Crippen LogP contribution in [0.1, 0.15) is 28.6 Å². The van der Waals surface area contributed by atoms with Crippen molar-refractivity contribution in [2.45, 2.75) is 19.9 Å². The summed E-state index contributed by atoms with van der Waals surface area (Å²) in [5.74, 6) is 1.25. The molecule has 0 radical (unpaired) electrons. The molecular formula is C18H23N3O3. The highest BCUT2D eigenvalue weighted by molar-refractivity contribution is 5.89. The number of benzene rings is 1. The molecule has 0 unspecified atom stereocenters. The van der Waals surface area contributed by atoms with Crippen LogP contribution in [0.3, 0.4) is 0 Å². The van der Waals surface area contributed by atoms with E-state index in [1.807, 2.05) is 31.2 Å². The average Bonchev–Trinajstić information content (AvgIpc) is 3.13. The third-order valence-corrected chi connectivity index (χ3v) is 3.40. The zero-order valence-corrected chi connectivity index (χ0v) is 14.0. The summed E-state index contributed by atoms with van der Waals surface area (Å²) in [5, 5.41) is 6.48. The first-order valence-electron chi connectivity index (χ1n) is 7.94. The Morgan fingerprint density at radius 1 is 1.21 bits per heavy atom. The summed E-state index contributed by atoms with van der Waals surface area (Å²) in [6.07, 6.45) is 2.47. The Bertz CT molecular complexity index is 649. The van der Waals surface area contributed by atoms with Crippen LogP contribution in [0.2, 0.25) is 0 Å². The Labute approximate surface area is 141 Å². The van der Waals surface area contributed by atoms with Crippen molar-refractivity contribution in [2.24, 2.45) is 4.99 Å². The van der Waals surface area contributed by atoms with E-state index in [1.165, 1.54) is 7.11 Å². The number of furan rings is 1. The number of carbonyl (C=O) groups excluding carboxylic acids is 1. The van der Waals surface area contributed by atoms with Crippen LogP contribution >= 0.6 is 0 Å². The van der Waals surface area contributed by atoms with E-state index in [0.717, 1.165) is 36.8 Å². The number of nitrogens with one attached hydrogen (secondary N) is 2. The van der Waals surface area contributed by atoms with Crippen molar-refractivity contribution >= 4 is 11.9 Å². The van der Waals surface area contributed by atoms with E-state index in [9.17, 15) is 4.79 Å². The fraction of sp³-hybridized carbons (Fsp3) is 0.333. The molecule has 0 amide bonds. The number of ether oxygens (including phenoxy) is 1. The highest BCUT2D eigenvalue weighted by Crippen LogP contribution is 2.06. The van der Waals surface area contributed by atoms with Crippen LogP contribution in [0.15, 0.2) is 52.1 Å². The molecular weight excluding hydrogens is 306 g/mol. The molecule has 0 spiro atoms. The number of methoxy groups -OCH3 is 1. The quantitative estimate of drug-likeness (QED) is 0.463. The summed E-state index contributed by atoms with van der Waals surface area (Å²) >= 11 is 0. The maximum atomic E-state index is 11.4. The van der Waals surface area contributed by atoms with Crippen molar-refractivity contribution in [3.63, 3.8) is 0 Å². The number of hydrogen-bond acceptors (Lipinski definition) is 4. The molecule has 0 atom stereocenters. The van der Waals surface area contributed by atoms with E-state index in [-0.39, 0.29) is 5.97 Å². The first-order valence-corrected chi connectivity index (χ1v) is 7.94. The standard InChI is InChI=1S/C18H23N3O3/c1-3-19-18(21-13-16-5-4-12-24-16)20-11-10-14-6-8-15(9-7-14)17(22)23-2/h4-9,12H,3,10-11,13H2,1-2H3,(H2,19,20,21). The fourth-order valence-corrected chi connectivity index (χ4v) is 2.15. The lowest BCUT2D eigenvalue weighted by Gasteiger charge is -2.11. The van der Waals surface area contributed by atoms with Crippen molar-refractivity contribution in [1.82, 2.24) is 10.6 Å². The molecule has 1 aromatic carbocycles. The predicted molar refractivity (Wildman–Crippen MR) is 93.0 cm³/mol. The molecule has 0 aliphatic rings. The average molecular weight is 329 g/mol. The lowest BCUT2D eigenvalue weighted by atomic mass is 10.1. The third-order valence-electron chi connectivity index (χ3n) is 3.40. The van der Waals surface area contributed by atoms with Crippen molar-refractivity contribution in [3.05, 3.63) is 59.5 Å². The topological polar surface area (TPSA) is 75.9 Å². The van der Waals surface area contributed by atoms with Crippen LogP contribution in [-0.4, -0.2) is 32.1 Å². The van der Waals surface area contributed by atoms with Crippen molar-refractivity contribution in [2.75, 3.05) is 20.2 Å². The minimum atomic E-state index is -0.320. The van der Waals surface area contributed by atoms with E-state index in [4.69, 9.17) is 9.15 Å². The molecule has 2 aromatic rings. The number of aliphatic imine (C=N–C) groups is 1. The minimum absolute atomic E-state index is 0.320. The summed E-state index contributed by atoms with van der Waals surface area (Å²) in [5.41, 5.74) is 1.69. The van der Waals surface area contributed by atoms with Gasteiger partial charge in [-0.3, -0.25) is 0 Å². The highest BCUT2D eigenvalue weighted by atomic mass is 16.5. The lowest BCUT2D eigenvalue weighted by Crippen LogP contribution is -2.38. The van der Waals surface area contributed by atoms with Crippen molar-refractivity contribution < 1.29 is 13.9 Å². The molecule has 0 aliphatic heterocycles. The van der Waals surface area contributed by atoms with Crippen LogP contribution in [0.4, 0.5) is 0 Å². The molecule has 1 aromatic heterocycles. The Morgan fingerprint density at radius 2 is 2.00 bits per heavy atom. The largest absolute Gasteiger partial charge is 0.467 e. The lowest BCUT2D eigenvalue weighted by molar-refractivity contribution is 0.0600. The molecule has 6 nitrogen and oxygen atoms in total. The van der Waals surface area contributed by atoms with Crippen LogP contribution < -0.4 is 10.6 Å². The second-order valence-corrected chi connectivity index (χ2v) is 5.14. The molecule has 0 fully saturated rings. The second kappa shape index (κ2) is 9.39. The molecule has 0 aliphatic carbocycles. The van der Waals surface area contributed by atoms with Gasteiger partial charge in [0.1, 0.15) is 12.3 Å². The maximum absolute atomic E-state index is 11.4. The number of nitrogens with zero attached hydrogens (tertiary/aromatic N) is 1. The van der Waals surface area contributed by atoms with Crippen molar-refractivity contribution in [1.29, 1.82) is 0 Å². The van der Waals surface area contributed by atoms with Crippen LogP contribution in [0, 0.1) is 0 Å². The van der Waals surface area contributed by atoms with Crippen LogP contribution in [0.25, 0.3) is 0 Å². The smallest absolute Gasteiger partial charge is 0.337 e. The minimum Gasteiger partial charge on any atom is -0.467 e. The molecule has 1 heterocycles. The Hall–Kier alpha value is -2.76. The highest BCUT2D eigenvalue weighted by Gasteiger charge is 2.04. The second-order valence-electron chi connectivity index (χ2n) is 5.14. The van der Waals surface area contributed by atoms with E-state index >= 15 is 0 Å². The van der Waals surface area contributed by atoms with Crippen molar-refractivity contribution in [3.8, 4) is 0 Å². The molecule has 6 heteroatoms. The van der Waals surface area contributed by atoms with Gasteiger partial charge in [-0.2, -0.15) is 0 Å². The van der Waals surface area contributed by atoms with Gasteiger partial charge in [-0.05, 0) is 43.2 Å². The first-order chi connectivity index (χ1) is 11.7. The molecule has 0 saturated carbocycles. The van der Waals surface area contributed by atoms with Gasteiger partial charge in [0, 0.05) is 13.1 Å². The number of rotatable bonds is 7. The fourth-order valence-electron chi connectivity index (χ4n) is 2.15. The summed E-state index contributed by atoms with van der Waals surface area (Å²) in [7, 11) is 1.38.